The number of hydrogen-bond donors (Lipinski definition) is 1. The van der Waals surface area contributed by atoms with Crippen LogP contribution in [0.3, 0.4) is 0 Å². The maximum Gasteiger partial charge on any atom is 0.239 e. The number of thiophene rings is 1. The first-order valence-electron chi connectivity index (χ1n) is 10.2. The zero-order chi connectivity index (χ0) is 19.8. The molecule has 29 heavy (non-hydrogen) atoms. The van der Waals surface area contributed by atoms with Crippen molar-refractivity contribution in [1.29, 1.82) is 0 Å². The molecule has 5 nitrogen and oxygen atoms in total. The monoisotopic (exact) mass is 424 g/mol. The van der Waals surface area contributed by atoms with Crippen LogP contribution < -0.4 is 10.2 Å². The fourth-order valence-corrected chi connectivity index (χ4v) is 5.87. The van der Waals surface area contributed by atoms with Gasteiger partial charge in [-0.05, 0) is 49.8 Å². The van der Waals surface area contributed by atoms with Gasteiger partial charge in [0.05, 0.1) is 17.7 Å². The van der Waals surface area contributed by atoms with E-state index in [0.717, 1.165) is 53.3 Å². The number of fused-ring (bicyclic) bond motifs is 3. The van der Waals surface area contributed by atoms with E-state index in [1.54, 1.807) is 23.1 Å². The number of amides is 1. The molecule has 0 unspecified atom stereocenters. The van der Waals surface area contributed by atoms with Crippen molar-refractivity contribution in [1.82, 2.24) is 15.3 Å². The summed E-state index contributed by atoms with van der Waals surface area (Å²) in [5, 5.41) is 4.25. The Balaban J connectivity index is 1.45. The minimum absolute atomic E-state index is 0.0776. The van der Waals surface area contributed by atoms with E-state index in [4.69, 9.17) is 9.97 Å². The number of carbonyl (C=O) groups is 1. The number of hydrogen-bond acceptors (Lipinski definition) is 6. The maximum absolute atomic E-state index is 12.4. The van der Waals surface area contributed by atoms with Crippen molar-refractivity contribution in [3.8, 4) is 0 Å². The summed E-state index contributed by atoms with van der Waals surface area (Å²) < 4.78 is 0. The molecule has 1 amide bonds. The minimum Gasteiger partial charge on any atom is -0.352 e. The predicted molar refractivity (Wildman–Crippen MR) is 120 cm³/mol. The van der Waals surface area contributed by atoms with Crippen molar-refractivity contribution in [3.05, 3.63) is 46.6 Å². The molecule has 5 rings (SSSR count). The van der Waals surface area contributed by atoms with Gasteiger partial charge in [-0.25, -0.2) is 9.97 Å². The van der Waals surface area contributed by atoms with Crippen LogP contribution in [-0.4, -0.2) is 35.5 Å². The summed E-state index contributed by atoms with van der Waals surface area (Å²) in [4.78, 5) is 27.9. The van der Waals surface area contributed by atoms with E-state index < -0.39 is 0 Å². The first kappa shape index (κ1) is 18.9. The maximum atomic E-state index is 12.4. The molecule has 2 heterocycles. The summed E-state index contributed by atoms with van der Waals surface area (Å²) in [6.45, 7) is 0.332. The van der Waals surface area contributed by atoms with Crippen molar-refractivity contribution in [2.45, 2.75) is 48.8 Å². The molecule has 2 aliphatic carbocycles. The highest BCUT2D eigenvalue weighted by atomic mass is 32.2. The fourth-order valence-electron chi connectivity index (χ4n) is 3.82. The topological polar surface area (TPSA) is 58.1 Å². The van der Waals surface area contributed by atoms with Crippen LogP contribution in [0.4, 0.5) is 5.82 Å². The number of thioether (sulfide) groups is 1. The first-order chi connectivity index (χ1) is 14.2. The summed E-state index contributed by atoms with van der Waals surface area (Å²) in [5.74, 6) is 2.53. The van der Waals surface area contributed by atoms with Gasteiger partial charge in [0.25, 0.3) is 0 Å². The minimum atomic E-state index is 0.0776. The summed E-state index contributed by atoms with van der Waals surface area (Å²) in [5.41, 5.74) is 1.40. The van der Waals surface area contributed by atoms with E-state index in [1.807, 2.05) is 30.1 Å². The quantitative estimate of drug-likeness (QED) is 0.577. The molecular formula is C22H24N4OS2. The van der Waals surface area contributed by atoms with Crippen LogP contribution in [0.2, 0.25) is 0 Å². The average molecular weight is 425 g/mol. The Morgan fingerprint density at radius 3 is 2.86 bits per heavy atom. The van der Waals surface area contributed by atoms with E-state index in [1.165, 1.54) is 21.8 Å². The van der Waals surface area contributed by atoms with E-state index in [2.05, 4.69) is 17.4 Å². The van der Waals surface area contributed by atoms with Crippen molar-refractivity contribution in [3.63, 3.8) is 0 Å². The molecule has 7 heteroatoms. The van der Waals surface area contributed by atoms with E-state index in [0.29, 0.717) is 12.6 Å². The van der Waals surface area contributed by atoms with Crippen LogP contribution in [0.25, 0.3) is 10.2 Å². The highest BCUT2D eigenvalue weighted by Gasteiger charge is 2.26. The van der Waals surface area contributed by atoms with Gasteiger partial charge in [-0.2, -0.15) is 0 Å². The molecule has 2 aliphatic rings. The van der Waals surface area contributed by atoms with Gasteiger partial charge in [-0.3, -0.25) is 4.79 Å². The molecule has 2 aromatic heterocycles. The average Bonchev–Trinajstić information content (AvgIpc) is 3.29. The Hall–Kier alpha value is -2.12. The summed E-state index contributed by atoms with van der Waals surface area (Å²) in [7, 11) is 1.97. The third-order valence-electron chi connectivity index (χ3n) is 5.39. The second kappa shape index (κ2) is 7.95. The van der Waals surface area contributed by atoms with Crippen LogP contribution in [0.5, 0.6) is 0 Å². The molecule has 0 aliphatic heterocycles. The lowest BCUT2D eigenvalue weighted by molar-refractivity contribution is -0.119. The first-order valence-corrected chi connectivity index (χ1v) is 12.0. The summed E-state index contributed by atoms with van der Waals surface area (Å²) in [6, 6.07) is 10.7. The second-order valence-corrected chi connectivity index (χ2v) is 9.93. The van der Waals surface area contributed by atoms with Crippen LogP contribution in [0, 0.1) is 0 Å². The molecule has 0 bridgehead atoms. The zero-order valence-corrected chi connectivity index (χ0v) is 18.1. The number of anilines is 1. The molecule has 0 spiro atoms. The highest BCUT2D eigenvalue weighted by molar-refractivity contribution is 7.98. The van der Waals surface area contributed by atoms with Crippen LogP contribution >= 0.6 is 23.1 Å². The molecular weight excluding hydrogens is 400 g/mol. The van der Waals surface area contributed by atoms with Gasteiger partial charge in [0.2, 0.25) is 5.91 Å². The Morgan fingerprint density at radius 1 is 1.24 bits per heavy atom. The lowest BCUT2D eigenvalue weighted by Gasteiger charge is -2.20. The molecule has 1 fully saturated rings. The molecule has 0 saturated heterocycles. The molecule has 0 radical (unpaired) electrons. The van der Waals surface area contributed by atoms with Gasteiger partial charge < -0.3 is 10.2 Å². The van der Waals surface area contributed by atoms with Crippen molar-refractivity contribution < 1.29 is 4.79 Å². The van der Waals surface area contributed by atoms with Crippen LogP contribution in [0.15, 0.2) is 35.2 Å². The number of likely N-dealkylation sites (N-methyl/N-ethyl adjacent to an activating group) is 1. The number of aryl methyl sites for hydroxylation is 2. The van der Waals surface area contributed by atoms with Crippen molar-refractivity contribution in [2.24, 2.45) is 0 Å². The predicted octanol–water partition coefficient (Wildman–Crippen LogP) is 4.19. The van der Waals surface area contributed by atoms with Gasteiger partial charge in [-0.15, -0.1) is 23.1 Å². The number of aromatic nitrogens is 2. The van der Waals surface area contributed by atoms with Crippen molar-refractivity contribution >= 4 is 45.0 Å². The number of nitrogens with zero attached hydrogens (tertiary/aromatic N) is 3. The number of nitrogens with one attached hydrogen (secondary N) is 1. The Kier molecular flexibility index (Phi) is 5.18. The normalized spacial score (nSPS) is 15.5. The third-order valence-corrected chi connectivity index (χ3v) is 7.58. The van der Waals surface area contributed by atoms with Gasteiger partial charge >= 0.3 is 0 Å². The van der Waals surface area contributed by atoms with Gasteiger partial charge in [0.15, 0.2) is 0 Å². The molecule has 1 N–H and O–H groups in total. The SMILES string of the molecule is CN(CC(=O)NC1CC1)c1nc(CSc2ccccc2)nc2sc3c(c12)CCC3. The molecule has 3 aromatic rings. The lowest BCUT2D eigenvalue weighted by atomic mass is 10.2. The highest BCUT2D eigenvalue weighted by Crippen LogP contribution is 2.40. The second-order valence-electron chi connectivity index (χ2n) is 7.80. The zero-order valence-electron chi connectivity index (χ0n) is 16.5. The number of benzene rings is 1. The third kappa shape index (κ3) is 4.12. The number of carbonyl (C=O) groups excluding carboxylic acids is 1. The van der Waals surface area contributed by atoms with E-state index >= 15 is 0 Å². The van der Waals surface area contributed by atoms with Gasteiger partial charge in [0, 0.05) is 22.9 Å². The largest absolute Gasteiger partial charge is 0.352 e. The molecule has 150 valence electrons. The van der Waals surface area contributed by atoms with Crippen LogP contribution in [-0.2, 0) is 23.4 Å². The molecule has 1 saturated carbocycles. The molecule has 1 aromatic carbocycles. The van der Waals surface area contributed by atoms with Gasteiger partial charge in [0.1, 0.15) is 16.5 Å². The van der Waals surface area contributed by atoms with Crippen molar-refractivity contribution in [2.75, 3.05) is 18.5 Å². The Labute approximate surface area is 178 Å². The Bertz CT molecular complexity index is 1050. The smallest absolute Gasteiger partial charge is 0.239 e. The summed E-state index contributed by atoms with van der Waals surface area (Å²) in [6.07, 6.45) is 5.63. The van der Waals surface area contributed by atoms with Gasteiger partial charge in [-0.1, -0.05) is 18.2 Å². The standard InChI is InChI=1S/C22H24N4OS2/c1-26(12-19(27)23-14-10-11-14)21-20-16-8-5-9-17(16)29-22(20)25-18(24-21)13-28-15-6-3-2-4-7-15/h2-4,6-7,14H,5,8-13H2,1H3,(H,23,27). The fraction of sp³-hybridized carbons (Fsp3) is 0.409. The van der Waals surface area contributed by atoms with Crippen LogP contribution in [0.1, 0.15) is 35.5 Å². The summed E-state index contributed by atoms with van der Waals surface area (Å²) >= 11 is 3.55. The van der Waals surface area contributed by atoms with E-state index in [9.17, 15) is 4.79 Å². The van der Waals surface area contributed by atoms with E-state index in [-0.39, 0.29) is 5.91 Å². The molecule has 0 atom stereocenters. The Morgan fingerprint density at radius 2 is 2.07 bits per heavy atom. The number of rotatable bonds is 7. The lowest BCUT2D eigenvalue weighted by Crippen LogP contribution is -2.36.